The zero-order valence-corrected chi connectivity index (χ0v) is 14.1. The van der Waals surface area contributed by atoms with Crippen LogP contribution < -0.4 is 22.1 Å². The van der Waals surface area contributed by atoms with E-state index in [1.807, 2.05) is 36.6 Å². The highest BCUT2D eigenvalue weighted by Crippen LogP contribution is 2.08. The summed E-state index contributed by atoms with van der Waals surface area (Å²) in [5, 5.41) is 5.20. The summed E-state index contributed by atoms with van der Waals surface area (Å²) in [6.07, 6.45) is 2.46. The Balaban J connectivity index is 0.00000441. The first kappa shape index (κ1) is 20.6. The maximum absolute atomic E-state index is 12.1. The molecule has 0 aliphatic heterocycles. The summed E-state index contributed by atoms with van der Waals surface area (Å²) >= 11 is 1.60. The van der Waals surface area contributed by atoms with Crippen molar-refractivity contribution in [2.45, 2.75) is 18.5 Å². The summed E-state index contributed by atoms with van der Waals surface area (Å²) < 4.78 is 0. The number of carbonyl (C=O) groups is 2. The van der Waals surface area contributed by atoms with Gasteiger partial charge in [0, 0.05) is 12.6 Å². The van der Waals surface area contributed by atoms with Gasteiger partial charge in [-0.1, -0.05) is 30.3 Å². The lowest BCUT2D eigenvalue weighted by Crippen LogP contribution is -2.49. The minimum Gasteiger partial charge on any atom is -0.352 e. The van der Waals surface area contributed by atoms with E-state index in [2.05, 4.69) is 10.6 Å². The fourth-order valence-corrected chi connectivity index (χ4v) is 2.30. The molecular formula is C14H23ClN4O2S. The molecule has 3 amide bonds. The van der Waals surface area contributed by atoms with Crippen molar-refractivity contribution >= 4 is 36.1 Å². The first-order valence-corrected chi connectivity index (χ1v) is 8.07. The summed E-state index contributed by atoms with van der Waals surface area (Å²) in [5.74, 6) is 0.484. The number of amides is 3. The number of halogens is 1. The zero-order valence-electron chi connectivity index (χ0n) is 12.5. The van der Waals surface area contributed by atoms with Crippen LogP contribution >= 0.6 is 24.2 Å². The highest BCUT2D eigenvalue weighted by Gasteiger charge is 2.19. The summed E-state index contributed by atoms with van der Waals surface area (Å²) in [6.45, 7) is 0.305. The van der Waals surface area contributed by atoms with E-state index in [1.165, 1.54) is 0 Å². The molecule has 0 fully saturated rings. The highest BCUT2D eigenvalue weighted by atomic mass is 35.5. The Bertz CT molecular complexity index is 461. The Hall–Kier alpha value is -1.44. The third-order valence-corrected chi connectivity index (χ3v) is 3.61. The van der Waals surface area contributed by atoms with Gasteiger partial charge in [-0.3, -0.25) is 4.79 Å². The third kappa shape index (κ3) is 7.53. The van der Waals surface area contributed by atoms with Crippen molar-refractivity contribution in [3.63, 3.8) is 0 Å². The quantitative estimate of drug-likeness (QED) is 0.563. The summed E-state index contributed by atoms with van der Waals surface area (Å²) in [6, 6.07) is 7.89. The van der Waals surface area contributed by atoms with Gasteiger partial charge in [0.25, 0.3) is 0 Å². The molecule has 2 unspecified atom stereocenters. The zero-order chi connectivity index (χ0) is 15.7. The summed E-state index contributed by atoms with van der Waals surface area (Å²) in [5.41, 5.74) is 12.0. The number of nitrogens with two attached hydrogens (primary N) is 2. The van der Waals surface area contributed by atoms with Crippen LogP contribution in [0, 0.1) is 0 Å². The van der Waals surface area contributed by atoms with Crippen LogP contribution in [0.25, 0.3) is 0 Å². The smallest absolute Gasteiger partial charge is 0.312 e. The van der Waals surface area contributed by atoms with E-state index in [4.69, 9.17) is 11.5 Å². The van der Waals surface area contributed by atoms with Crippen LogP contribution in [0.5, 0.6) is 0 Å². The van der Waals surface area contributed by atoms with Crippen LogP contribution in [-0.4, -0.2) is 36.5 Å². The van der Waals surface area contributed by atoms with Crippen LogP contribution in [0.1, 0.15) is 18.0 Å². The minimum absolute atomic E-state index is 0. The van der Waals surface area contributed by atoms with E-state index in [0.29, 0.717) is 13.0 Å². The second-order valence-electron chi connectivity index (χ2n) is 4.60. The number of thioether (sulfide) groups is 1. The molecule has 0 radical (unpaired) electrons. The maximum atomic E-state index is 12.1. The van der Waals surface area contributed by atoms with Gasteiger partial charge in [-0.25, -0.2) is 4.79 Å². The van der Waals surface area contributed by atoms with E-state index in [9.17, 15) is 9.59 Å². The predicted octanol–water partition coefficient (Wildman–Crippen LogP) is 1.01. The Labute approximate surface area is 141 Å². The molecule has 6 nitrogen and oxygen atoms in total. The maximum Gasteiger partial charge on any atom is 0.312 e. The van der Waals surface area contributed by atoms with Crippen molar-refractivity contribution in [3.05, 3.63) is 35.9 Å². The molecule has 0 saturated heterocycles. The van der Waals surface area contributed by atoms with E-state index < -0.39 is 12.1 Å². The minimum atomic E-state index is -0.705. The van der Waals surface area contributed by atoms with Gasteiger partial charge in [0.2, 0.25) is 5.91 Å². The van der Waals surface area contributed by atoms with Crippen molar-refractivity contribution in [1.29, 1.82) is 0 Å². The second-order valence-corrected chi connectivity index (χ2v) is 5.59. The van der Waals surface area contributed by atoms with Crippen molar-refractivity contribution in [3.8, 4) is 0 Å². The number of hydrogen-bond acceptors (Lipinski definition) is 4. The van der Waals surface area contributed by atoms with E-state index in [0.717, 1.165) is 11.3 Å². The number of benzene rings is 1. The first-order chi connectivity index (χ1) is 10.0. The normalized spacial score (nSPS) is 12.6. The van der Waals surface area contributed by atoms with E-state index >= 15 is 0 Å². The van der Waals surface area contributed by atoms with Crippen molar-refractivity contribution < 1.29 is 9.59 Å². The summed E-state index contributed by atoms with van der Waals surface area (Å²) in [7, 11) is 0. The number of hydrogen-bond donors (Lipinski definition) is 4. The molecule has 22 heavy (non-hydrogen) atoms. The fraction of sp³-hybridized carbons (Fsp3) is 0.429. The van der Waals surface area contributed by atoms with Gasteiger partial charge in [0.05, 0.1) is 0 Å². The number of urea groups is 1. The largest absolute Gasteiger partial charge is 0.352 e. The van der Waals surface area contributed by atoms with Crippen LogP contribution in [0.3, 0.4) is 0 Å². The average molecular weight is 347 g/mol. The molecule has 6 N–H and O–H groups in total. The van der Waals surface area contributed by atoms with E-state index in [-0.39, 0.29) is 24.4 Å². The van der Waals surface area contributed by atoms with Crippen LogP contribution in [0.4, 0.5) is 4.79 Å². The molecule has 0 spiro atoms. The molecule has 0 aliphatic carbocycles. The van der Waals surface area contributed by atoms with Gasteiger partial charge >= 0.3 is 6.03 Å². The second kappa shape index (κ2) is 11.2. The molecule has 0 saturated carbocycles. The number of nitrogens with one attached hydrogen (secondary N) is 2. The molecule has 0 bridgehead atoms. The Morgan fingerprint density at radius 3 is 2.45 bits per heavy atom. The van der Waals surface area contributed by atoms with Crippen LogP contribution in [0.15, 0.2) is 30.3 Å². The van der Waals surface area contributed by atoms with Gasteiger partial charge < -0.3 is 22.1 Å². The molecule has 0 aliphatic rings. The molecule has 8 heteroatoms. The first-order valence-electron chi connectivity index (χ1n) is 6.67. The van der Waals surface area contributed by atoms with Gasteiger partial charge in [-0.2, -0.15) is 11.8 Å². The molecule has 1 rings (SSSR count). The monoisotopic (exact) mass is 346 g/mol. The van der Waals surface area contributed by atoms with E-state index in [1.54, 1.807) is 11.8 Å². The molecule has 0 heterocycles. The number of rotatable bonds is 8. The van der Waals surface area contributed by atoms with Crippen LogP contribution in [0.2, 0.25) is 0 Å². The van der Waals surface area contributed by atoms with Gasteiger partial charge in [0.15, 0.2) is 0 Å². The lowest BCUT2D eigenvalue weighted by Gasteiger charge is -2.19. The lowest BCUT2D eigenvalue weighted by atomic mass is 10.1. The molecule has 1 aromatic rings. The molecular weight excluding hydrogens is 324 g/mol. The van der Waals surface area contributed by atoms with Crippen molar-refractivity contribution in [2.75, 3.05) is 18.6 Å². The molecule has 124 valence electrons. The Morgan fingerprint density at radius 1 is 1.27 bits per heavy atom. The van der Waals surface area contributed by atoms with Gasteiger partial charge in [0.1, 0.15) is 6.04 Å². The standard InChI is InChI=1S/C14H22N4O2S.ClH/c1-21-8-7-12(18-14(16)20)13(19)17-9-11(15)10-5-3-2-4-6-10;/h2-6,11-12H,7-9,15H2,1H3,(H,17,19)(H3,16,18,20);1H. The third-order valence-electron chi connectivity index (χ3n) is 2.97. The van der Waals surface area contributed by atoms with Crippen molar-refractivity contribution in [2.24, 2.45) is 11.5 Å². The van der Waals surface area contributed by atoms with Crippen molar-refractivity contribution in [1.82, 2.24) is 10.6 Å². The predicted molar refractivity (Wildman–Crippen MR) is 93.1 cm³/mol. The fourth-order valence-electron chi connectivity index (χ4n) is 1.83. The Morgan fingerprint density at radius 2 is 1.91 bits per heavy atom. The number of carbonyl (C=O) groups excluding carboxylic acids is 2. The average Bonchev–Trinajstić information content (AvgIpc) is 2.49. The molecule has 2 atom stereocenters. The lowest BCUT2D eigenvalue weighted by molar-refractivity contribution is -0.123. The van der Waals surface area contributed by atoms with Gasteiger partial charge in [-0.05, 0) is 24.0 Å². The van der Waals surface area contributed by atoms with Gasteiger partial charge in [-0.15, -0.1) is 12.4 Å². The SMILES string of the molecule is CSCCC(NC(N)=O)C(=O)NCC(N)c1ccccc1.Cl. The van der Waals surface area contributed by atoms with Crippen LogP contribution in [-0.2, 0) is 4.79 Å². The summed E-state index contributed by atoms with van der Waals surface area (Å²) in [4.78, 5) is 23.0. The molecule has 0 aromatic heterocycles. The Kier molecular flexibility index (Phi) is 10.4. The highest BCUT2D eigenvalue weighted by molar-refractivity contribution is 7.98. The number of primary amides is 1. The molecule has 1 aromatic carbocycles. The topological polar surface area (TPSA) is 110 Å².